The minimum absolute atomic E-state index is 0.213. The third-order valence-corrected chi connectivity index (χ3v) is 7.05. The lowest BCUT2D eigenvalue weighted by atomic mass is 9.63. The van der Waals surface area contributed by atoms with E-state index in [1.165, 1.54) is 38.9 Å². The molecule has 0 bridgehead atoms. The molecule has 26 heavy (non-hydrogen) atoms. The number of rotatable bonds is 2. The number of carbonyl (C=O) groups is 1. The molecule has 2 nitrogen and oxygen atoms in total. The third-order valence-electron chi connectivity index (χ3n) is 5.91. The van der Waals surface area contributed by atoms with Crippen LogP contribution in [0.4, 0.5) is 0 Å². The lowest BCUT2D eigenvalue weighted by Gasteiger charge is -2.41. The molecule has 0 spiro atoms. The van der Waals surface area contributed by atoms with Crippen molar-refractivity contribution in [2.75, 3.05) is 0 Å². The fourth-order valence-electron chi connectivity index (χ4n) is 4.02. The summed E-state index contributed by atoms with van der Waals surface area (Å²) in [6.45, 7) is 9.41. The molecule has 1 heterocycles. The summed E-state index contributed by atoms with van der Waals surface area (Å²) in [5.41, 5.74) is 4.79. The predicted molar refractivity (Wildman–Crippen MR) is 110 cm³/mol. The number of benzene rings is 2. The van der Waals surface area contributed by atoms with Crippen LogP contribution in [-0.4, -0.2) is 11.1 Å². The van der Waals surface area contributed by atoms with Crippen molar-refractivity contribution in [3.05, 3.63) is 59.2 Å². The molecule has 0 aliphatic heterocycles. The highest BCUT2D eigenvalue weighted by atomic mass is 32.1. The smallest absolute Gasteiger partial charge is 0.335 e. The van der Waals surface area contributed by atoms with Crippen LogP contribution >= 0.6 is 11.3 Å². The van der Waals surface area contributed by atoms with Crippen LogP contribution < -0.4 is 0 Å². The molecular weight excluding hydrogens is 340 g/mol. The highest BCUT2D eigenvalue weighted by Crippen LogP contribution is 2.48. The van der Waals surface area contributed by atoms with Gasteiger partial charge in [-0.15, -0.1) is 11.3 Å². The van der Waals surface area contributed by atoms with Crippen LogP contribution in [0.3, 0.4) is 0 Å². The highest BCUT2D eigenvalue weighted by molar-refractivity contribution is 7.22. The first-order valence-corrected chi connectivity index (χ1v) is 9.91. The minimum Gasteiger partial charge on any atom is -0.478 e. The normalized spacial score (nSPS) is 17.8. The number of carboxylic acid groups (broad SMARTS) is 1. The molecule has 3 aromatic rings. The maximum Gasteiger partial charge on any atom is 0.335 e. The van der Waals surface area contributed by atoms with E-state index in [2.05, 4.69) is 45.9 Å². The molecule has 3 heteroatoms. The average Bonchev–Trinajstić information content (AvgIpc) is 3.01. The molecule has 0 unspecified atom stereocenters. The number of fused-ring (bicyclic) bond motifs is 2. The van der Waals surface area contributed by atoms with Crippen LogP contribution in [0.5, 0.6) is 0 Å². The fraction of sp³-hybridized carbons (Fsp3) is 0.348. The lowest BCUT2D eigenvalue weighted by molar-refractivity contribution is 0.0697. The molecule has 0 radical (unpaired) electrons. The summed E-state index contributed by atoms with van der Waals surface area (Å²) in [7, 11) is 0. The van der Waals surface area contributed by atoms with E-state index in [4.69, 9.17) is 5.11 Å². The van der Waals surface area contributed by atoms with E-state index in [9.17, 15) is 4.79 Å². The van der Waals surface area contributed by atoms with Gasteiger partial charge in [0.15, 0.2) is 0 Å². The Morgan fingerprint density at radius 1 is 0.923 bits per heavy atom. The van der Waals surface area contributed by atoms with Gasteiger partial charge in [-0.25, -0.2) is 4.79 Å². The zero-order valence-electron chi connectivity index (χ0n) is 15.7. The summed E-state index contributed by atoms with van der Waals surface area (Å²) in [5.74, 6) is -0.884. The Morgan fingerprint density at radius 3 is 2.08 bits per heavy atom. The number of hydrogen-bond donors (Lipinski definition) is 1. The van der Waals surface area contributed by atoms with Gasteiger partial charge in [0.05, 0.1) is 5.56 Å². The Hall–Kier alpha value is -2.13. The SMILES string of the molecule is CC1(C)CCC(C)(C)c2cc3sc(-c4ccc(C(=O)O)cc4)cc3cc21. The second kappa shape index (κ2) is 5.68. The highest BCUT2D eigenvalue weighted by Gasteiger charge is 2.37. The molecule has 134 valence electrons. The van der Waals surface area contributed by atoms with Crippen LogP contribution in [0.25, 0.3) is 20.5 Å². The van der Waals surface area contributed by atoms with Gasteiger partial charge in [0, 0.05) is 9.58 Å². The molecule has 1 N–H and O–H groups in total. The summed E-state index contributed by atoms with van der Waals surface area (Å²) < 4.78 is 1.31. The van der Waals surface area contributed by atoms with Gasteiger partial charge in [-0.05, 0) is 76.1 Å². The number of carboxylic acids is 1. The molecule has 0 fully saturated rings. The van der Waals surface area contributed by atoms with E-state index in [0.29, 0.717) is 5.56 Å². The van der Waals surface area contributed by atoms with Gasteiger partial charge in [-0.2, -0.15) is 0 Å². The first kappa shape index (κ1) is 17.3. The molecule has 4 rings (SSSR count). The van der Waals surface area contributed by atoms with Crippen LogP contribution in [0, 0.1) is 0 Å². The van der Waals surface area contributed by atoms with Gasteiger partial charge < -0.3 is 5.11 Å². The predicted octanol–water partition coefficient (Wildman–Crippen LogP) is 6.62. The molecule has 0 saturated heterocycles. The minimum atomic E-state index is -0.884. The average molecular weight is 365 g/mol. The summed E-state index contributed by atoms with van der Waals surface area (Å²) in [6, 6.07) is 14.2. The largest absolute Gasteiger partial charge is 0.478 e. The Kier molecular flexibility index (Phi) is 3.78. The number of hydrogen-bond acceptors (Lipinski definition) is 2. The zero-order chi connectivity index (χ0) is 18.7. The first-order chi connectivity index (χ1) is 12.2. The fourth-order valence-corrected chi connectivity index (χ4v) is 5.11. The molecule has 1 aromatic heterocycles. The Balaban J connectivity index is 1.85. The van der Waals surface area contributed by atoms with Crippen molar-refractivity contribution in [2.45, 2.75) is 51.4 Å². The summed E-state index contributed by atoms with van der Waals surface area (Å²) >= 11 is 1.79. The van der Waals surface area contributed by atoms with Crippen molar-refractivity contribution in [3.8, 4) is 10.4 Å². The van der Waals surface area contributed by atoms with Crippen molar-refractivity contribution >= 4 is 27.4 Å². The molecule has 0 atom stereocenters. The topological polar surface area (TPSA) is 37.3 Å². The Labute approximate surface area is 158 Å². The summed E-state index contributed by atoms with van der Waals surface area (Å²) in [4.78, 5) is 12.3. The number of thiophene rings is 1. The van der Waals surface area contributed by atoms with Crippen molar-refractivity contribution in [1.82, 2.24) is 0 Å². The summed E-state index contributed by atoms with van der Waals surface area (Å²) in [6.07, 6.45) is 2.43. The first-order valence-electron chi connectivity index (χ1n) is 9.10. The third kappa shape index (κ3) is 2.75. The van der Waals surface area contributed by atoms with E-state index >= 15 is 0 Å². The van der Waals surface area contributed by atoms with Crippen molar-refractivity contribution in [2.24, 2.45) is 0 Å². The van der Waals surface area contributed by atoms with Crippen LogP contribution in [-0.2, 0) is 10.8 Å². The van der Waals surface area contributed by atoms with Gasteiger partial charge >= 0.3 is 5.97 Å². The summed E-state index contributed by atoms with van der Waals surface area (Å²) in [5, 5.41) is 10.4. The van der Waals surface area contributed by atoms with Crippen LogP contribution in [0.2, 0.25) is 0 Å². The molecule has 1 aliphatic carbocycles. The molecule has 2 aromatic carbocycles. The maximum atomic E-state index is 11.1. The molecule has 0 saturated carbocycles. The maximum absolute atomic E-state index is 11.1. The monoisotopic (exact) mass is 364 g/mol. The number of aromatic carboxylic acids is 1. The Morgan fingerprint density at radius 2 is 1.50 bits per heavy atom. The second-order valence-corrected chi connectivity index (χ2v) is 9.78. The lowest BCUT2D eigenvalue weighted by Crippen LogP contribution is -2.33. The van der Waals surface area contributed by atoms with Crippen molar-refractivity contribution in [3.63, 3.8) is 0 Å². The van der Waals surface area contributed by atoms with Gasteiger partial charge in [-0.1, -0.05) is 39.8 Å². The van der Waals surface area contributed by atoms with E-state index < -0.39 is 5.97 Å². The zero-order valence-corrected chi connectivity index (χ0v) is 16.5. The standard InChI is InChI=1S/C23H24O2S/c1-22(2)9-10-23(3,4)18-13-20-16(11-17(18)22)12-19(26-20)14-5-7-15(8-6-14)21(24)25/h5-8,11-13H,9-10H2,1-4H3,(H,24,25). The van der Waals surface area contributed by atoms with Gasteiger partial charge in [0.1, 0.15) is 0 Å². The van der Waals surface area contributed by atoms with Gasteiger partial charge in [-0.3, -0.25) is 0 Å². The van der Waals surface area contributed by atoms with Gasteiger partial charge in [0.2, 0.25) is 0 Å². The quantitative estimate of drug-likeness (QED) is 0.555. The molecule has 1 aliphatic rings. The second-order valence-electron chi connectivity index (χ2n) is 8.70. The van der Waals surface area contributed by atoms with E-state index in [1.807, 2.05) is 12.1 Å². The Bertz CT molecular complexity index is 954. The van der Waals surface area contributed by atoms with Crippen molar-refractivity contribution < 1.29 is 9.90 Å². The van der Waals surface area contributed by atoms with Crippen LogP contribution in [0.15, 0.2) is 42.5 Å². The van der Waals surface area contributed by atoms with E-state index in [-0.39, 0.29) is 10.8 Å². The van der Waals surface area contributed by atoms with Crippen molar-refractivity contribution in [1.29, 1.82) is 0 Å². The van der Waals surface area contributed by atoms with Gasteiger partial charge in [0.25, 0.3) is 0 Å². The molecule has 0 amide bonds. The van der Waals surface area contributed by atoms with E-state index in [1.54, 1.807) is 23.5 Å². The van der Waals surface area contributed by atoms with Crippen LogP contribution in [0.1, 0.15) is 62.0 Å². The van der Waals surface area contributed by atoms with E-state index in [0.717, 1.165) is 5.56 Å². The molecular formula is C23H24O2S.